The molecule has 0 saturated carbocycles. The first-order valence-electron chi connectivity index (χ1n) is 4.34. The van der Waals surface area contributed by atoms with Crippen LogP contribution in [0.3, 0.4) is 0 Å². The van der Waals surface area contributed by atoms with E-state index in [1.807, 2.05) is 6.92 Å². The fourth-order valence-electron chi connectivity index (χ4n) is 1.27. The molecule has 1 heterocycles. The summed E-state index contributed by atoms with van der Waals surface area (Å²) in [5.41, 5.74) is 5.56. The van der Waals surface area contributed by atoms with Crippen molar-refractivity contribution in [3.63, 3.8) is 0 Å². The number of nitrogens with zero attached hydrogens (tertiary/aromatic N) is 1. The van der Waals surface area contributed by atoms with Crippen LogP contribution in [0.25, 0.3) is 0 Å². The van der Waals surface area contributed by atoms with Gasteiger partial charge in [0.25, 0.3) is 0 Å². The van der Waals surface area contributed by atoms with Crippen LogP contribution in [0.2, 0.25) is 0 Å². The van der Waals surface area contributed by atoms with Gasteiger partial charge in [0.2, 0.25) is 5.91 Å². The molecule has 1 fully saturated rings. The van der Waals surface area contributed by atoms with Gasteiger partial charge in [-0.25, -0.2) is 0 Å². The summed E-state index contributed by atoms with van der Waals surface area (Å²) < 4.78 is 0. The topological polar surface area (TPSA) is 66.6 Å². The summed E-state index contributed by atoms with van der Waals surface area (Å²) in [6.07, 6.45) is 0.680. The van der Waals surface area contributed by atoms with Gasteiger partial charge in [0.05, 0.1) is 6.04 Å². The van der Waals surface area contributed by atoms with E-state index in [1.165, 1.54) is 0 Å². The van der Waals surface area contributed by atoms with Crippen molar-refractivity contribution in [3.05, 3.63) is 0 Å². The Morgan fingerprint density at radius 1 is 1.75 bits per heavy atom. The van der Waals surface area contributed by atoms with Crippen molar-refractivity contribution in [1.82, 2.24) is 4.90 Å². The van der Waals surface area contributed by atoms with Gasteiger partial charge in [0, 0.05) is 25.6 Å². The number of amides is 1. The number of nitrogens with two attached hydrogens (primary N) is 1. The van der Waals surface area contributed by atoms with E-state index >= 15 is 0 Å². The standard InChI is InChI=1S/C8H16N2O2/c1-2-7(9)8(12)10-3-6(4-10)5-11/h6-7,11H,2-5,9H2,1H3/t7-/m1/s1. The minimum absolute atomic E-state index is 0.0159. The Morgan fingerprint density at radius 2 is 2.33 bits per heavy atom. The molecule has 4 heteroatoms. The molecule has 0 aromatic heterocycles. The molecule has 70 valence electrons. The van der Waals surface area contributed by atoms with E-state index in [9.17, 15) is 4.79 Å². The predicted octanol–water partition coefficient (Wildman–Crippen LogP) is -0.826. The van der Waals surface area contributed by atoms with Crippen LogP contribution in [0.4, 0.5) is 0 Å². The number of aliphatic hydroxyl groups excluding tert-OH is 1. The van der Waals surface area contributed by atoms with E-state index in [0.717, 1.165) is 0 Å². The first kappa shape index (κ1) is 9.48. The van der Waals surface area contributed by atoms with Gasteiger partial charge < -0.3 is 15.7 Å². The lowest BCUT2D eigenvalue weighted by molar-refractivity contribution is -0.139. The highest BCUT2D eigenvalue weighted by Gasteiger charge is 2.31. The smallest absolute Gasteiger partial charge is 0.239 e. The Labute approximate surface area is 72.3 Å². The molecule has 0 spiro atoms. The minimum atomic E-state index is -0.357. The average molecular weight is 172 g/mol. The summed E-state index contributed by atoms with van der Waals surface area (Å²) in [5, 5.41) is 8.71. The SMILES string of the molecule is CC[C@@H](N)C(=O)N1CC(CO)C1. The number of hydrogen-bond donors (Lipinski definition) is 2. The molecule has 0 radical (unpaired) electrons. The van der Waals surface area contributed by atoms with E-state index in [0.29, 0.717) is 19.5 Å². The molecule has 0 aromatic rings. The van der Waals surface area contributed by atoms with Gasteiger partial charge in [-0.2, -0.15) is 0 Å². The fourth-order valence-corrected chi connectivity index (χ4v) is 1.27. The molecule has 1 saturated heterocycles. The number of aliphatic hydroxyl groups is 1. The first-order valence-corrected chi connectivity index (χ1v) is 4.34. The number of hydrogen-bond acceptors (Lipinski definition) is 3. The Hall–Kier alpha value is -0.610. The second-order valence-electron chi connectivity index (χ2n) is 3.31. The Balaban J connectivity index is 2.28. The predicted molar refractivity (Wildman–Crippen MR) is 45.4 cm³/mol. The summed E-state index contributed by atoms with van der Waals surface area (Å²) in [6.45, 7) is 3.41. The van der Waals surface area contributed by atoms with Crippen molar-refractivity contribution in [3.8, 4) is 0 Å². The van der Waals surface area contributed by atoms with Crippen LogP contribution < -0.4 is 5.73 Å². The zero-order valence-electron chi connectivity index (χ0n) is 7.36. The summed E-state index contributed by atoms with van der Waals surface area (Å²) in [5.74, 6) is 0.292. The van der Waals surface area contributed by atoms with Crippen LogP contribution in [-0.4, -0.2) is 41.7 Å². The second-order valence-corrected chi connectivity index (χ2v) is 3.31. The summed E-state index contributed by atoms with van der Waals surface area (Å²) in [4.78, 5) is 13.0. The number of rotatable bonds is 3. The molecule has 0 aliphatic carbocycles. The molecule has 0 aromatic carbocycles. The van der Waals surface area contributed by atoms with Crippen LogP contribution >= 0.6 is 0 Å². The molecule has 3 N–H and O–H groups in total. The van der Waals surface area contributed by atoms with E-state index in [4.69, 9.17) is 10.8 Å². The maximum Gasteiger partial charge on any atom is 0.239 e. The van der Waals surface area contributed by atoms with Gasteiger partial charge in [-0.3, -0.25) is 4.79 Å². The zero-order valence-corrected chi connectivity index (χ0v) is 7.36. The van der Waals surface area contributed by atoms with Crippen LogP contribution in [0.5, 0.6) is 0 Å². The minimum Gasteiger partial charge on any atom is -0.396 e. The average Bonchev–Trinajstić information content (AvgIpc) is 2.01. The summed E-state index contributed by atoms with van der Waals surface area (Å²) >= 11 is 0. The Morgan fingerprint density at radius 3 is 2.75 bits per heavy atom. The lowest BCUT2D eigenvalue weighted by atomic mass is 10.00. The molecule has 0 unspecified atom stereocenters. The molecule has 1 aliphatic heterocycles. The van der Waals surface area contributed by atoms with Crippen molar-refractivity contribution < 1.29 is 9.90 Å². The maximum atomic E-state index is 11.3. The third-order valence-corrected chi connectivity index (χ3v) is 2.28. The van der Waals surface area contributed by atoms with Crippen molar-refractivity contribution in [2.75, 3.05) is 19.7 Å². The number of carbonyl (C=O) groups excluding carboxylic acids is 1. The lowest BCUT2D eigenvalue weighted by Gasteiger charge is -2.39. The van der Waals surface area contributed by atoms with Crippen molar-refractivity contribution in [2.24, 2.45) is 11.7 Å². The van der Waals surface area contributed by atoms with Crippen molar-refractivity contribution in [2.45, 2.75) is 19.4 Å². The normalized spacial score (nSPS) is 20.4. The summed E-state index contributed by atoms with van der Waals surface area (Å²) in [6, 6.07) is -0.357. The van der Waals surface area contributed by atoms with Gasteiger partial charge in [0.1, 0.15) is 0 Å². The van der Waals surface area contributed by atoms with Crippen LogP contribution in [-0.2, 0) is 4.79 Å². The highest BCUT2D eigenvalue weighted by Crippen LogP contribution is 2.15. The maximum absolute atomic E-state index is 11.3. The molecule has 1 rings (SSSR count). The highest BCUT2D eigenvalue weighted by atomic mass is 16.3. The fraction of sp³-hybridized carbons (Fsp3) is 0.875. The molecule has 0 bridgehead atoms. The highest BCUT2D eigenvalue weighted by molar-refractivity contribution is 5.82. The molecular weight excluding hydrogens is 156 g/mol. The quantitative estimate of drug-likeness (QED) is 0.584. The zero-order chi connectivity index (χ0) is 9.14. The van der Waals surface area contributed by atoms with Crippen LogP contribution in [0.15, 0.2) is 0 Å². The van der Waals surface area contributed by atoms with E-state index < -0.39 is 0 Å². The van der Waals surface area contributed by atoms with Crippen molar-refractivity contribution >= 4 is 5.91 Å². The third-order valence-electron chi connectivity index (χ3n) is 2.28. The van der Waals surface area contributed by atoms with Crippen molar-refractivity contribution in [1.29, 1.82) is 0 Å². The molecule has 1 amide bonds. The Kier molecular flexibility index (Phi) is 3.05. The molecule has 4 nitrogen and oxygen atoms in total. The number of likely N-dealkylation sites (tertiary alicyclic amines) is 1. The number of carbonyl (C=O) groups is 1. The van der Waals surface area contributed by atoms with E-state index in [-0.39, 0.29) is 24.5 Å². The molecule has 1 atom stereocenters. The largest absolute Gasteiger partial charge is 0.396 e. The van der Waals surface area contributed by atoms with Gasteiger partial charge in [-0.1, -0.05) is 6.92 Å². The van der Waals surface area contributed by atoms with E-state index in [2.05, 4.69) is 0 Å². The van der Waals surface area contributed by atoms with Gasteiger partial charge in [0.15, 0.2) is 0 Å². The monoisotopic (exact) mass is 172 g/mol. The second kappa shape index (κ2) is 3.87. The molecule has 12 heavy (non-hydrogen) atoms. The van der Waals surface area contributed by atoms with Gasteiger partial charge >= 0.3 is 0 Å². The van der Waals surface area contributed by atoms with Gasteiger partial charge in [-0.05, 0) is 6.42 Å². The molecule has 1 aliphatic rings. The van der Waals surface area contributed by atoms with Crippen LogP contribution in [0.1, 0.15) is 13.3 Å². The first-order chi connectivity index (χ1) is 5.69. The van der Waals surface area contributed by atoms with Gasteiger partial charge in [-0.15, -0.1) is 0 Å². The van der Waals surface area contributed by atoms with E-state index in [1.54, 1.807) is 4.90 Å². The van der Waals surface area contributed by atoms with Crippen LogP contribution in [0, 0.1) is 5.92 Å². The Bertz CT molecular complexity index is 166. The lowest BCUT2D eigenvalue weighted by Crippen LogP contribution is -2.56. The third kappa shape index (κ3) is 1.76. The summed E-state index contributed by atoms with van der Waals surface area (Å²) in [7, 11) is 0. The molecular formula is C8H16N2O2.